The van der Waals surface area contributed by atoms with Gasteiger partial charge in [-0.05, 0) is 56.2 Å². The maximum Gasteiger partial charge on any atom is 0.139 e. The topological polar surface area (TPSA) is 38.6 Å². The molecule has 1 fully saturated rings. The SMILES string of the molecule is COc1ccc(-c2nc3cccc(C)n3c2NC2CCCC2)cc1. The third-order valence-electron chi connectivity index (χ3n) is 4.90. The van der Waals surface area contributed by atoms with Gasteiger partial charge in [-0.3, -0.25) is 4.40 Å². The largest absolute Gasteiger partial charge is 0.497 e. The van der Waals surface area contributed by atoms with Crippen LogP contribution in [0.5, 0.6) is 5.75 Å². The smallest absolute Gasteiger partial charge is 0.139 e. The number of hydrogen-bond acceptors (Lipinski definition) is 3. The standard InChI is InChI=1S/C20H23N3O/c1-14-6-5-9-18-22-19(15-10-12-17(24-2)13-11-15)20(23(14)18)21-16-7-3-4-8-16/h5-6,9-13,16,21H,3-4,7-8H2,1-2H3. The van der Waals surface area contributed by atoms with E-state index in [1.54, 1.807) is 7.11 Å². The number of nitrogens with zero attached hydrogens (tertiary/aromatic N) is 2. The quantitative estimate of drug-likeness (QED) is 0.758. The van der Waals surface area contributed by atoms with E-state index in [4.69, 9.17) is 9.72 Å². The summed E-state index contributed by atoms with van der Waals surface area (Å²) in [5.74, 6) is 1.98. The van der Waals surface area contributed by atoms with Gasteiger partial charge in [-0.1, -0.05) is 18.9 Å². The summed E-state index contributed by atoms with van der Waals surface area (Å²) in [7, 11) is 1.69. The van der Waals surface area contributed by atoms with E-state index in [2.05, 4.69) is 47.0 Å². The molecule has 1 N–H and O–H groups in total. The molecule has 0 unspecified atom stereocenters. The lowest BCUT2D eigenvalue weighted by atomic mass is 10.1. The van der Waals surface area contributed by atoms with Crippen molar-refractivity contribution in [2.24, 2.45) is 0 Å². The molecule has 3 aromatic rings. The second-order valence-corrected chi connectivity index (χ2v) is 6.52. The number of ether oxygens (including phenoxy) is 1. The Balaban J connectivity index is 1.84. The minimum Gasteiger partial charge on any atom is -0.497 e. The van der Waals surface area contributed by atoms with E-state index in [1.165, 1.54) is 31.4 Å². The summed E-state index contributed by atoms with van der Waals surface area (Å²) in [6.07, 6.45) is 5.10. The summed E-state index contributed by atoms with van der Waals surface area (Å²) in [4.78, 5) is 4.90. The Morgan fingerprint density at radius 2 is 1.83 bits per heavy atom. The van der Waals surface area contributed by atoms with Crippen LogP contribution in [0.15, 0.2) is 42.5 Å². The molecular weight excluding hydrogens is 298 g/mol. The molecule has 1 aliphatic rings. The highest BCUT2D eigenvalue weighted by molar-refractivity contribution is 5.77. The molecule has 0 radical (unpaired) electrons. The molecule has 1 saturated carbocycles. The van der Waals surface area contributed by atoms with Crippen molar-refractivity contribution in [1.82, 2.24) is 9.38 Å². The second-order valence-electron chi connectivity index (χ2n) is 6.52. The molecule has 0 atom stereocenters. The minimum atomic E-state index is 0.543. The maximum atomic E-state index is 5.28. The third kappa shape index (κ3) is 2.62. The molecule has 4 nitrogen and oxygen atoms in total. The highest BCUT2D eigenvalue weighted by Crippen LogP contribution is 2.33. The van der Waals surface area contributed by atoms with Crippen LogP contribution in [0.25, 0.3) is 16.9 Å². The van der Waals surface area contributed by atoms with Gasteiger partial charge in [0.1, 0.15) is 22.9 Å². The van der Waals surface area contributed by atoms with Crippen LogP contribution in [0.2, 0.25) is 0 Å². The van der Waals surface area contributed by atoms with E-state index in [-0.39, 0.29) is 0 Å². The molecule has 4 heteroatoms. The molecule has 1 aromatic carbocycles. The summed E-state index contributed by atoms with van der Waals surface area (Å²) in [6, 6.07) is 14.9. The monoisotopic (exact) mass is 321 g/mol. The van der Waals surface area contributed by atoms with Gasteiger partial charge in [0.2, 0.25) is 0 Å². The molecule has 1 aliphatic carbocycles. The Morgan fingerprint density at radius 1 is 1.08 bits per heavy atom. The van der Waals surface area contributed by atoms with Crippen LogP contribution in [0.3, 0.4) is 0 Å². The Labute approximate surface area is 142 Å². The first-order chi connectivity index (χ1) is 11.8. The first kappa shape index (κ1) is 15.1. The Morgan fingerprint density at radius 3 is 2.54 bits per heavy atom. The molecule has 0 bridgehead atoms. The highest BCUT2D eigenvalue weighted by Gasteiger charge is 2.21. The molecule has 2 aromatic heterocycles. The zero-order valence-corrected chi connectivity index (χ0v) is 14.2. The third-order valence-corrected chi connectivity index (χ3v) is 4.90. The van der Waals surface area contributed by atoms with Crippen LogP contribution >= 0.6 is 0 Å². The predicted molar refractivity (Wildman–Crippen MR) is 97.8 cm³/mol. The van der Waals surface area contributed by atoms with Crippen molar-refractivity contribution in [2.45, 2.75) is 38.6 Å². The molecule has 2 heterocycles. The zero-order chi connectivity index (χ0) is 16.5. The fourth-order valence-electron chi connectivity index (χ4n) is 3.60. The lowest BCUT2D eigenvalue weighted by molar-refractivity contribution is 0.415. The van der Waals surface area contributed by atoms with Crippen molar-refractivity contribution in [3.05, 3.63) is 48.2 Å². The number of methoxy groups -OCH3 is 1. The van der Waals surface area contributed by atoms with Crippen molar-refractivity contribution < 1.29 is 4.74 Å². The molecule has 4 rings (SSSR count). The molecule has 24 heavy (non-hydrogen) atoms. The summed E-state index contributed by atoms with van der Waals surface area (Å²) in [5, 5.41) is 3.77. The zero-order valence-electron chi connectivity index (χ0n) is 14.2. The van der Waals surface area contributed by atoms with E-state index in [0.717, 1.165) is 28.5 Å². The van der Waals surface area contributed by atoms with Crippen LogP contribution in [0.1, 0.15) is 31.4 Å². The van der Waals surface area contributed by atoms with Crippen LogP contribution < -0.4 is 10.1 Å². The lowest BCUT2D eigenvalue weighted by Crippen LogP contribution is -2.16. The van der Waals surface area contributed by atoms with Gasteiger partial charge in [0.05, 0.1) is 7.11 Å². The number of fused-ring (bicyclic) bond motifs is 1. The average molecular weight is 321 g/mol. The number of benzene rings is 1. The van der Waals surface area contributed by atoms with E-state index >= 15 is 0 Å². The average Bonchev–Trinajstić information content (AvgIpc) is 3.24. The summed E-state index contributed by atoms with van der Waals surface area (Å²) in [5.41, 5.74) is 4.31. The molecule has 0 aliphatic heterocycles. The molecule has 0 spiro atoms. The first-order valence-corrected chi connectivity index (χ1v) is 8.65. The van der Waals surface area contributed by atoms with Crippen LogP contribution in [0.4, 0.5) is 5.82 Å². The maximum absolute atomic E-state index is 5.28. The molecule has 0 saturated heterocycles. The number of aromatic nitrogens is 2. The Kier molecular flexibility index (Phi) is 3.89. The number of pyridine rings is 1. The highest BCUT2D eigenvalue weighted by atomic mass is 16.5. The van der Waals surface area contributed by atoms with Crippen molar-refractivity contribution in [1.29, 1.82) is 0 Å². The number of imidazole rings is 1. The van der Waals surface area contributed by atoms with Crippen molar-refractivity contribution in [3.63, 3.8) is 0 Å². The van der Waals surface area contributed by atoms with Crippen LogP contribution in [-0.2, 0) is 0 Å². The van der Waals surface area contributed by atoms with Crippen molar-refractivity contribution in [3.8, 4) is 17.0 Å². The normalized spacial score (nSPS) is 15.1. The minimum absolute atomic E-state index is 0.543. The molecule has 124 valence electrons. The summed E-state index contributed by atoms with van der Waals surface area (Å²) >= 11 is 0. The van der Waals surface area contributed by atoms with Crippen molar-refractivity contribution >= 4 is 11.5 Å². The first-order valence-electron chi connectivity index (χ1n) is 8.65. The van der Waals surface area contributed by atoms with E-state index in [9.17, 15) is 0 Å². The van der Waals surface area contributed by atoms with E-state index < -0.39 is 0 Å². The fourth-order valence-corrected chi connectivity index (χ4v) is 3.60. The number of nitrogens with one attached hydrogen (secondary N) is 1. The van der Waals surface area contributed by atoms with Crippen molar-refractivity contribution in [2.75, 3.05) is 12.4 Å². The van der Waals surface area contributed by atoms with Gasteiger partial charge in [-0.15, -0.1) is 0 Å². The number of rotatable bonds is 4. The van der Waals surface area contributed by atoms with Crippen LogP contribution in [-0.4, -0.2) is 22.5 Å². The van der Waals surface area contributed by atoms with Gasteiger partial charge in [0.25, 0.3) is 0 Å². The van der Waals surface area contributed by atoms with E-state index in [1.807, 2.05) is 12.1 Å². The van der Waals surface area contributed by atoms with Gasteiger partial charge in [0.15, 0.2) is 0 Å². The number of anilines is 1. The Bertz CT molecular complexity index is 845. The molecule has 0 amide bonds. The van der Waals surface area contributed by atoms with Gasteiger partial charge in [-0.25, -0.2) is 4.98 Å². The van der Waals surface area contributed by atoms with Gasteiger partial charge in [-0.2, -0.15) is 0 Å². The van der Waals surface area contributed by atoms with Crippen LogP contribution in [0, 0.1) is 6.92 Å². The second kappa shape index (κ2) is 6.19. The van der Waals surface area contributed by atoms with Gasteiger partial charge < -0.3 is 10.1 Å². The molecular formula is C20H23N3O. The van der Waals surface area contributed by atoms with E-state index in [0.29, 0.717) is 6.04 Å². The van der Waals surface area contributed by atoms with Gasteiger partial charge in [0, 0.05) is 17.3 Å². The summed E-state index contributed by atoms with van der Waals surface area (Å²) in [6.45, 7) is 2.13. The predicted octanol–water partition coefficient (Wildman–Crippen LogP) is 4.67. The lowest BCUT2D eigenvalue weighted by Gasteiger charge is -2.16. The Hall–Kier alpha value is -2.49. The fraction of sp³-hybridized carbons (Fsp3) is 0.350. The van der Waals surface area contributed by atoms with Gasteiger partial charge >= 0.3 is 0 Å². The summed E-state index contributed by atoms with van der Waals surface area (Å²) < 4.78 is 7.51. The number of aryl methyl sites for hydroxylation is 1. The number of hydrogen-bond donors (Lipinski definition) is 1.